The number of amides is 1. The Kier molecular flexibility index (Phi) is 6.63. The van der Waals surface area contributed by atoms with E-state index in [4.69, 9.17) is 14.2 Å². The molecule has 8 heteroatoms. The van der Waals surface area contributed by atoms with Gasteiger partial charge in [0.05, 0.1) is 31.6 Å². The maximum atomic E-state index is 12.8. The van der Waals surface area contributed by atoms with Crippen LogP contribution in [0.4, 0.5) is 0 Å². The van der Waals surface area contributed by atoms with Gasteiger partial charge in [0.1, 0.15) is 11.5 Å². The maximum absolute atomic E-state index is 12.8. The van der Waals surface area contributed by atoms with Crippen molar-refractivity contribution in [3.05, 3.63) is 71.0 Å². The van der Waals surface area contributed by atoms with Crippen molar-refractivity contribution in [3.8, 4) is 17.2 Å². The molecular weight excluding hydrogens is 422 g/mol. The summed E-state index contributed by atoms with van der Waals surface area (Å²) in [7, 11) is 1.61. The number of carbonyl (C=O) groups excluding carboxylic acids is 2. The normalized spacial score (nSPS) is 12.8. The molecule has 0 radical (unpaired) electrons. The molecule has 2 aromatic carbocycles. The smallest absolute Gasteiger partial charge is 0.359 e. The fraction of sp³-hybridized carbons (Fsp3) is 0.320. The Balaban J connectivity index is 1.56. The van der Waals surface area contributed by atoms with Crippen molar-refractivity contribution in [2.75, 3.05) is 26.9 Å². The van der Waals surface area contributed by atoms with Gasteiger partial charge in [-0.2, -0.15) is 5.10 Å². The van der Waals surface area contributed by atoms with E-state index in [1.54, 1.807) is 23.6 Å². The predicted molar refractivity (Wildman–Crippen MR) is 122 cm³/mol. The Morgan fingerprint density at radius 3 is 2.39 bits per heavy atom. The van der Waals surface area contributed by atoms with Crippen molar-refractivity contribution in [1.82, 2.24) is 14.7 Å². The van der Waals surface area contributed by atoms with Crippen LogP contribution in [0.15, 0.2) is 48.5 Å². The summed E-state index contributed by atoms with van der Waals surface area (Å²) >= 11 is 0. The lowest BCUT2D eigenvalue weighted by molar-refractivity contribution is -0.134. The molecule has 0 bridgehead atoms. The standard InChI is InChI=1S/C25H27N3O5/c1-4-32-25(30)24-21-15-27(23(29)16-33-20-9-5-17(2)6-10-20)14-13-22(21)28(26-24)18-7-11-19(31-3)12-8-18/h5-12H,4,13-16H2,1-3H3. The highest BCUT2D eigenvalue weighted by Gasteiger charge is 2.31. The van der Waals surface area contributed by atoms with Gasteiger partial charge in [0.15, 0.2) is 12.3 Å². The van der Waals surface area contributed by atoms with E-state index < -0.39 is 5.97 Å². The lowest BCUT2D eigenvalue weighted by Gasteiger charge is -2.27. The SMILES string of the molecule is CCOC(=O)c1nn(-c2ccc(OC)cc2)c2c1CN(C(=O)COc1ccc(C)cc1)CC2. The molecular formula is C25H27N3O5. The van der Waals surface area contributed by atoms with Crippen LogP contribution >= 0.6 is 0 Å². The van der Waals surface area contributed by atoms with Crippen LogP contribution in [0, 0.1) is 6.92 Å². The summed E-state index contributed by atoms with van der Waals surface area (Å²) in [5.74, 6) is 0.737. The first kappa shape index (κ1) is 22.4. The summed E-state index contributed by atoms with van der Waals surface area (Å²) < 4.78 is 17.9. The summed E-state index contributed by atoms with van der Waals surface area (Å²) in [5.41, 5.74) is 3.77. The summed E-state index contributed by atoms with van der Waals surface area (Å²) in [4.78, 5) is 27.2. The molecule has 2 heterocycles. The number of aryl methyl sites for hydroxylation is 1. The van der Waals surface area contributed by atoms with E-state index in [-0.39, 0.29) is 31.4 Å². The van der Waals surface area contributed by atoms with Crippen LogP contribution in [-0.4, -0.2) is 53.4 Å². The largest absolute Gasteiger partial charge is 0.497 e. The van der Waals surface area contributed by atoms with Crippen molar-refractivity contribution in [2.24, 2.45) is 0 Å². The summed E-state index contributed by atoms with van der Waals surface area (Å²) in [5, 5.41) is 4.56. The molecule has 1 aliphatic rings. The third kappa shape index (κ3) is 4.84. The molecule has 1 aliphatic heterocycles. The number of methoxy groups -OCH3 is 1. The summed E-state index contributed by atoms with van der Waals surface area (Å²) in [6.45, 7) is 4.70. The number of ether oxygens (including phenoxy) is 3. The quantitative estimate of drug-likeness (QED) is 0.515. The summed E-state index contributed by atoms with van der Waals surface area (Å²) in [6.07, 6.45) is 0.560. The van der Waals surface area contributed by atoms with E-state index in [1.807, 2.05) is 55.5 Å². The minimum atomic E-state index is -0.494. The van der Waals surface area contributed by atoms with Crippen molar-refractivity contribution < 1.29 is 23.8 Å². The number of esters is 1. The fourth-order valence-electron chi connectivity index (χ4n) is 3.80. The number of nitrogens with zero attached hydrogens (tertiary/aromatic N) is 3. The highest BCUT2D eigenvalue weighted by Crippen LogP contribution is 2.27. The first-order valence-corrected chi connectivity index (χ1v) is 10.9. The number of aromatic nitrogens is 2. The minimum Gasteiger partial charge on any atom is -0.497 e. The zero-order chi connectivity index (χ0) is 23.4. The third-order valence-corrected chi connectivity index (χ3v) is 5.58. The second-order valence-corrected chi connectivity index (χ2v) is 7.77. The Morgan fingerprint density at radius 2 is 1.73 bits per heavy atom. The molecule has 0 unspecified atom stereocenters. The Hall–Kier alpha value is -3.81. The van der Waals surface area contributed by atoms with E-state index in [0.29, 0.717) is 24.3 Å². The Labute approximate surface area is 192 Å². The molecule has 3 aromatic rings. The van der Waals surface area contributed by atoms with Crippen molar-refractivity contribution in [1.29, 1.82) is 0 Å². The first-order valence-electron chi connectivity index (χ1n) is 10.9. The molecule has 0 aliphatic carbocycles. The molecule has 33 heavy (non-hydrogen) atoms. The monoisotopic (exact) mass is 449 g/mol. The van der Waals surface area contributed by atoms with E-state index in [0.717, 1.165) is 22.7 Å². The van der Waals surface area contributed by atoms with Gasteiger partial charge in [0.25, 0.3) is 5.91 Å². The van der Waals surface area contributed by atoms with Crippen molar-refractivity contribution in [2.45, 2.75) is 26.8 Å². The van der Waals surface area contributed by atoms with E-state index in [1.165, 1.54) is 0 Å². The molecule has 172 valence electrons. The van der Waals surface area contributed by atoms with E-state index in [9.17, 15) is 9.59 Å². The number of hydrogen-bond donors (Lipinski definition) is 0. The lowest BCUT2D eigenvalue weighted by Crippen LogP contribution is -2.39. The average molecular weight is 450 g/mol. The number of hydrogen-bond acceptors (Lipinski definition) is 6. The Morgan fingerprint density at radius 1 is 1.03 bits per heavy atom. The van der Waals surface area contributed by atoms with Gasteiger partial charge >= 0.3 is 5.97 Å². The van der Waals surface area contributed by atoms with Gasteiger partial charge in [-0.05, 0) is 50.2 Å². The van der Waals surface area contributed by atoms with Crippen LogP contribution in [0.3, 0.4) is 0 Å². The third-order valence-electron chi connectivity index (χ3n) is 5.58. The number of rotatable bonds is 7. The van der Waals surface area contributed by atoms with Crippen molar-refractivity contribution >= 4 is 11.9 Å². The molecule has 0 atom stereocenters. The second kappa shape index (κ2) is 9.77. The molecule has 8 nitrogen and oxygen atoms in total. The Bertz CT molecular complexity index is 1140. The minimum absolute atomic E-state index is 0.0697. The van der Waals surface area contributed by atoms with Gasteiger partial charge in [0, 0.05) is 18.5 Å². The van der Waals surface area contributed by atoms with Gasteiger partial charge in [-0.15, -0.1) is 0 Å². The molecule has 0 spiro atoms. The number of carbonyl (C=O) groups is 2. The van der Waals surface area contributed by atoms with E-state index >= 15 is 0 Å². The molecule has 0 fully saturated rings. The van der Waals surface area contributed by atoms with E-state index in [2.05, 4.69) is 5.10 Å². The van der Waals surface area contributed by atoms with Gasteiger partial charge < -0.3 is 19.1 Å². The van der Waals surface area contributed by atoms with Crippen LogP contribution in [0.1, 0.15) is 34.2 Å². The molecule has 4 rings (SSSR count). The molecule has 0 saturated heterocycles. The number of fused-ring (bicyclic) bond motifs is 1. The zero-order valence-electron chi connectivity index (χ0n) is 19.0. The van der Waals surface area contributed by atoms with Crippen LogP contribution < -0.4 is 9.47 Å². The molecule has 1 amide bonds. The molecule has 1 aromatic heterocycles. The first-order chi connectivity index (χ1) is 16.0. The maximum Gasteiger partial charge on any atom is 0.359 e. The zero-order valence-corrected chi connectivity index (χ0v) is 19.0. The lowest BCUT2D eigenvalue weighted by atomic mass is 10.0. The van der Waals surface area contributed by atoms with Gasteiger partial charge in [0.2, 0.25) is 0 Å². The fourth-order valence-corrected chi connectivity index (χ4v) is 3.80. The molecule has 0 N–H and O–H groups in total. The average Bonchev–Trinajstić information content (AvgIpc) is 3.22. The highest BCUT2D eigenvalue weighted by atomic mass is 16.5. The van der Waals surface area contributed by atoms with Crippen LogP contribution in [0.2, 0.25) is 0 Å². The van der Waals surface area contributed by atoms with Gasteiger partial charge in [-0.1, -0.05) is 17.7 Å². The van der Waals surface area contributed by atoms with Gasteiger partial charge in [-0.25, -0.2) is 9.48 Å². The summed E-state index contributed by atoms with van der Waals surface area (Å²) in [6, 6.07) is 15.0. The predicted octanol–water partition coefficient (Wildman–Crippen LogP) is 3.33. The number of benzene rings is 2. The highest BCUT2D eigenvalue weighted by molar-refractivity contribution is 5.90. The van der Waals surface area contributed by atoms with Crippen LogP contribution in [0.25, 0.3) is 5.69 Å². The topological polar surface area (TPSA) is 82.9 Å². The van der Waals surface area contributed by atoms with Crippen LogP contribution in [-0.2, 0) is 22.5 Å². The molecule has 0 saturated carbocycles. The van der Waals surface area contributed by atoms with Crippen LogP contribution in [0.5, 0.6) is 11.5 Å². The van der Waals surface area contributed by atoms with Gasteiger partial charge in [-0.3, -0.25) is 4.79 Å². The second-order valence-electron chi connectivity index (χ2n) is 7.77. The van der Waals surface area contributed by atoms with Crippen molar-refractivity contribution in [3.63, 3.8) is 0 Å².